The van der Waals surface area contributed by atoms with Gasteiger partial charge in [0.1, 0.15) is 18.5 Å². The van der Waals surface area contributed by atoms with E-state index >= 15 is 0 Å². The normalized spacial score (nSPS) is 11.8. The van der Waals surface area contributed by atoms with Gasteiger partial charge in [-0.25, -0.2) is 0 Å². The maximum atomic E-state index is 11.9. The van der Waals surface area contributed by atoms with E-state index in [0.29, 0.717) is 13.0 Å². The SMILES string of the molecule is C=CCc1ccccc1OCC(CNC(C)C)OC(=O)CCCC(=O)O. The quantitative estimate of drug-likeness (QED) is 0.414. The van der Waals surface area contributed by atoms with Crippen molar-refractivity contribution in [2.24, 2.45) is 0 Å². The molecule has 1 atom stereocenters. The second-order valence-electron chi connectivity index (χ2n) is 6.33. The van der Waals surface area contributed by atoms with Gasteiger partial charge in [-0.1, -0.05) is 38.1 Å². The van der Waals surface area contributed by atoms with Gasteiger partial charge in [0, 0.05) is 25.4 Å². The molecule has 1 aromatic rings. The van der Waals surface area contributed by atoms with Crippen LogP contribution < -0.4 is 10.1 Å². The summed E-state index contributed by atoms with van der Waals surface area (Å²) in [5.41, 5.74) is 1.02. The third-order valence-electron chi connectivity index (χ3n) is 3.59. The first-order valence-electron chi connectivity index (χ1n) is 8.88. The molecule has 1 rings (SSSR count). The van der Waals surface area contributed by atoms with Crippen LogP contribution in [-0.4, -0.2) is 42.3 Å². The van der Waals surface area contributed by atoms with Gasteiger partial charge in [0.15, 0.2) is 0 Å². The smallest absolute Gasteiger partial charge is 0.306 e. The third-order valence-corrected chi connectivity index (χ3v) is 3.59. The molecule has 2 N–H and O–H groups in total. The van der Waals surface area contributed by atoms with Crippen molar-refractivity contribution >= 4 is 11.9 Å². The summed E-state index contributed by atoms with van der Waals surface area (Å²) in [5, 5.41) is 11.9. The van der Waals surface area contributed by atoms with Crippen molar-refractivity contribution in [1.29, 1.82) is 0 Å². The number of hydrogen-bond acceptors (Lipinski definition) is 5. The summed E-state index contributed by atoms with van der Waals surface area (Å²) in [6, 6.07) is 7.92. The Morgan fingerprint density at radius 1 is 1.27 bits per heavy atom. The zero-order chi connectivity index (χ0) is 19.4. The number of ether oxygens (including phenoxy) is 2. The zero-order valence-electron chi connectivity index (χ0n) is 15.6. The Labute approximate surface area is 155 Å². The van der Waals surface area contributed by atoms with Gasteiger partial charge in [-0.2, -0.15) is 0 Å². The lowest BCUT2D eigenvalue weighted by Crippen LogP contribution is -2.38. The summed E-state index contributed by atoms with van der Waals surface area (Å²) in [6.07, 6.45) is 2.35. The van der Waals surface area contributed by atoms with Crippen LogP contribution in [0.15, 0.2) is 36.9 Å². The molecule has 26 heavy (non-hydrogen) atoms. The molecule has 144 valence electrons. The number of carboxylic acids is 1. The molecular formula is C20H29NO5. The molecule has 0 amide bonds. The number of nitrogens with one attached hydrogen (secondary N) is 1. The summed E-state index contributed by atoms with van der Waals surface area (Å²) in [5.74, 6) is -0.591. The minimum absolute atomic E-state index is 0.0462. The van der Waals surface area contributed by atoms with Crippen LogP contribution in [0.1, 0.15) is 38.7 Å². The van der Waals surface area contributed by atoms with Crippen LogP contribution in [0.2, 0.25) is 0 Å². The van der Waals surface area contributed by atoms with Gasteiger partial charge in [0.2, 0.25) is 0 Å². The second kappa shape index (κ2) is 12.1. The predicted octanol–water partition coefficient (Wildman–Crippen LogP) is 2.96. The molecule has 1 aromatic carbocycles. The van der Waals surface area contributed by atoms with E-state index in [2.05, 4.69) is 11.9 Å². The number of carbonyl (C=O) groups is 2. The van der Waals surface area contributed by atoms with Gasteiger partial charge in [-0.15, -0.1) is 6.58 Å². The topological polar surface area (TPSA) is 84.9 Å². The number of hydrogen-bond donors (Lipinski definition) is 2. The van der Waals surface area contributed by atoms with Crippen molar-refractivity contribution in [2.75, 3.05) is 13.2 Å². The highest BCUT2D eigenvalue weighted by Gasteiger charge is 2.17. The summed E-state index contributed by atoms with van der Waals surface area (Å²) in [4.78, 5) is 22.5. The molecule has 0 spiro atoms. The minimum atomic E-state index is -0.919. The highest BCUT2D eigenvalue weighted by Crippen LogP contribution is 2.19. The van der Waals surface area contributed by atoms with Crippen molar-refractivity contribution in [3.63, 3.8) is 0 Å². The van der Waals surface area contributed by atoms with E-state index in [1.165, 1.54) is 0 Å². The van der Waals surface area contributed by atoms with Crippen molar-refractivity contribution in [3.8, 4) is 5.75 Å². The van der Waals surface area contributed by atoms with E-state index in [1.54, 1.807) is 0 Å². The number of esters is 1. The Balaban J connectivity index is 2.61. The first kappa shape index (κ1) is 21.7. The van der Waals surface area contributed by atoms with Gasteiger partial charge < -0.3 is 19.9 Å². The molecule has 6 nitrogen and oxygen atoms in total. The van der Waals surface area contributed by atoms with Gasteiger partial charge in [0.05, 0.1) is 0 Å². The van der Waals surface area contributed by atoms with Crippen molar-refractivity contribution in [1.82, 2.24) is 5.32 Å². The fourth-order valence-electron chi connectivity index (χ4n) is 2.28. The van der Waals surface area contributed by atoms with E-state index in [4.69, 9.17) is 14.6 Å². The van der Waals surface area contributed by atoms with Crippen LogP contribution in [0.5, 0.6) is 5.75 Å². The number of benzene rings is 1. The maximum absolute atomic E-state index is 11.9. The number of aliphatic carboxylic acids is 1. The lowest BCUT2D eigenvalue weighted by atomic mass is 10.1. The molecule has 0 heterocycles. The zero-order valence-corrected chi connectivity index (χ0v) is 15.6. The summed E-state index contributed by atoms with van der Waals surface area (Å²) < 4.78 is 11.3. The Morgan fingerprint density at radius 2 is 2.00 bits per heavy atom. The lowest BCUT2D eigenvalue weighted by molar-refractivity contribution is -0.150. The van der Waals surface area contributed by atoms with Gasteiger partial charge in [-0.3, -0.25) is 9.59 Å². The molecular weight excluding hydrogens is 334 g/mol. The van der Waals surface area contributed by atoms with Crippen LogP contribution in [0.3, 0.4) is 0 Å². The average Bonchev–Trinajstić information content (AvgIpc) is 2.58. The number of rotatable bonds is 13. The molecule has 0 saturated heterocycles. The monoisotopic (exact) mass is 363 g/mol. The van der Waals surface area contributed by atoms with Crippen LogP contribution >= 0.6 is 0 Å². The molecule has 0 aliphatic carbocycles. The minimum Gasteiger partial charge on any atom is -0.489 e. The molecule has 0 aliphatic rings. The van der Waals surface area contributed by atoms with E-state index in [0.717, 1.165) is 11.3 Å². The molecule has 6 heteroatoms. The second-order valence-corrected chi connectivity index (χ2v) is 6.33. The number of allylic oxidation sites excluding steroid dienone is 1. The first-order chi connectivity index (χ1) is 12.4. The Kier molecular flexibility index (Phi) is 10.1. The highest BCUT2D eigenvalue weighted by atomic mass is 16.6. The summed E-state index contributed by atoms with van der Waals surface area (Å²) >= 11 is 0. The molecule has 0 fully saturated rings. The van der Waals surface area contributed by atoms with Crippen molar-refractivity contribution < 1.29 is 24.2 Å². The van der Waals surface area contributed by atoms with E-state index in [1.807, 2.05) is 44.2 Å². The number of carboxylic acid groups (broad SMARTS) is 1. The van der Waals surface area contributed by atoms with Gasteiger partial charge >= 0.3 is 11.9 Å². The Bertz CT molecular complexity index is 585. The average molecular weight is 363 g/mol. The van der Waals surface area contributed by atoms with Gasteiger partial charge in [-0.05, 0) is 24.5 Å². The molecule has 0 aromatic heterocycles. The van der Waals surface area contributed by atoms with E-state index in [9.17, 15) is 9.59 Å². The standard InChI is InChI=1S/C20H29NO5/c1-4-8-16-9-5-6-10-18(16)25-14-17(13-21-15(2)3)26-20(24)12-7-11-19(22)23/h4-6,9-10,15,17,21H,1,7-8,11-14H2,2-3H3,(H,22,23). The predicted molar refractivity (Wildman–Crippen MR) is 100 cm³/mol. The Morgan fingerprint density at radius 3 is 2.65 bits per heavy atom. The molecule has 0 bridgehead atoms. The van der Waals surface area contributed by atoms with Crippen LogP contribution in [-0.2, 0) is 20.7 Å². The third kappa shape index (κ3) is 9.22. The highest BCUT2D eigenvalue weighted by molar-refractivity contribution is 5.71. The largest absolute Gasteiger partial charge is 0.489 e. The first-order valence-corrected chi connectivity index (χ1v) is 8.88. The van der Waals surface area contributed by atoms with Crippen molar-refractivity contribution in [3.05, 3.63) is 42.5 Å². The maximum Gasteiger partial charge on any atom is 0.306 e. The fraction of sp³-hybridized carbons (Fsp3) is 0.500. The molecule has 0 saturated carbocycles. The molecule has 0 radical (unpaired) electrons. The number of carbonyl (C=O) groups excluding carboxylic acids is 1. The van der Waals surface area contributed by atoms with Crippen LogP contribution in [0.4, 0.5) is 0 Å². The number of para-hydroxylation sites is 1. The van der Waals surface area contributed by atoms with E-state index in [-0.39, 0.29) is 31.9 Å². The summed E-state index contributed by atoms with van der Waals surface area (Å²) in [7, 11) is 0. The summed E-state index contributed by atoms with van der Waals surface area (Å²) in [6.45, 7) is 8.44. The van der Waals surface area contributed by atoms with Crippen molar-refractivity contribution in [2.45, 2.75) is 51.7 Å². The molecule has 0 aliphatic heterocycles. The van der Waals surface area contributed by atoms with Crippen LogP contribution in [0.25, 0.3) is 0 Å². The van der Waals surface area contributed by atoms with E-state index < -0.39 is 18.0 Å². The van der Waals surface area contributed by atoms with Gasteiger partial charge in [0.25, 0.3) is 0 Å². The Hall–Kier alpha value is -2.34. The molecule has 1 unspecified atom stereocenters. The lowest BCUT2D eigenvalue weighted by Gasteiger charge is -2.21. The van der Waals surface area contributed by atoms with Crippen LogP contribution in [0, 0.1) is 0 Å². The fourth-order valence-corrected chi connectivity index (χ4v) is 2.28.